The van der Waals surface area contributed by atoms with Gasteiger partial charge in [-0.1, -0.05) is 170 Å². The second-order valence-corrected chi connectivity index (χ2v) is 16.1. The first kappa shape index (κ1) is 33.6. The Morgan fingerprint density at radius 1 is 0.271 bits per heavy atom. The first-order chi connectivity index (χ1) is 29.2. The minimum atomic E-state index is 0.636. The molecule has 0 radical (unpaired) electrons. The van der Waals surface area contributed by atoms with E-state index >= 15 is 0 Å². The number of aromatic nitrogens is 3. The SMILES string of the molecule is c1cc(-c2nc(-c3ccc(-c4cccc5ccccc45)c4ccccc34)nc(-c3cccc4c3sc3ccccc34)n2)cc(-c2cc3ccccc3c3ccccc23)c1. The van der Waals surface area contributed by atoms with Crippen molar-refractivity contribution in [2.75, 3.05) is 0 Å². The predicted molar refractivity (Wildman–Crippen MR) is 250 cm³/mol. The minimum absolute atomic E-state index is 0.636. The molecule has 12 rings (SSSR count). The average Bonchev–Trinajstić information content (AvgIpc) is 3.70. The number of thiophene rings is 1. The number of hydrogen-bond acceptors (Lipinski definition) is 4. The largest absolute Gasteiger partial charge is 0.208 e. The normalized spacial score (nSPS) is 11.7. The molecule has 0 amide bonds. The molecule has 0 unspecified atom stereocenters. The van der Waals surface area contributed by atoms with Crippen LogP contribution in [-0.4, -0.2) is 15.0 Å². The molecular formula is C55H33N3S. The summed E-state index contributed by atoms with van der Waals surface area (Å²) in [7, 11) is 0. The number of hydrogen-bond donors (Lipinski definition) is 0. The standard InChI is InChI=1S/C55H33N3S/c1-3-19-38-34(14-1)16-12-26-41(38)45-30-31-48(43-23-7-6-22-42(43)45)54-56-53(57-55(58-54)49-28-13-27-47-46-25-9-10-29-51(46)59-52(47)49)37-18-11-17-35(32-37)50-33-36-15-2-4-20-39(36)40-21-5-8-24-44(40)50/h1-33H. The summed E-state index contributed by atoms with van der Waals surface area (Å²) in [6.45, 7) is 0. The summed E-state index contributed by atoms with van der Waals surface area (Å²) in [6, 6.07) is 71.6. The van der Waals surface area contributed by atoms with Crippen molar-refractivity contribution in [3.8, 4) is 56.4 Å². The molecule has 0 saturated heterocycles. The zero-order chi connectivity index (χ0) is 38.9. The van der Waals surface area contributed by atoms with Gasteiger partial charge in [0.05, 0.1) is 0 Å². The van der Waals surface area contributed by atoms with E-state index in [1.54, 1.807) is 11.3 Å². The van der Waals surface area contributed by atoms with Crippen LogP contribution >= 0.6 is 11.3 Å². The second-order valence-electron chi connectivity index (χ2n) is 15.1. The van der Waals surface area contributed by atoms with E-state index in [0.717, 1.165) is 33.0 Å². The molecule has 0 bridgehead atoms. The Bertz CT molecular complexity index is 3630. The van der Waals surface area contributed by atoms with Crippen molar-refractivity contribution < 1.29 is 0 Å². The monoisotopic (exact) mass is 767 g/mol. The summed E-state index contributed by atoms with van der Waals surface area (Å²) in [5.41, 5.74) is 7.59. The topological polar surface area (TPSA) is 38.7 Å². The third-order valence-corrected chi connectivity index (χ3v) is 12.9. The third kappa shape index (κ3) is 5.53. The molecular weight excluding hydrogens is 735 g/mol. The van der Waals surface area contributed by atoms with Crippen LogP contribution < -0.4 is 0 Å². The van der Waals surface area contributed by atoms with Crippen LogP contribution in [0.4, 0.5) is 0 Å². The van der Waals surface area contributed by atoms with Gasteiger partial charge in [0, 0.05) is 36.9 Å². The van der Waals surface area contributed by atoms with Crippen LogP contribution in [0.15, 0.2) is 200 Å². The van der Waals surface area contributed by atoms with Gasteiger partial charge in [0.15, 0.2) is 17.5 Å². The van der Waals surface area contributed by atoms with E-state index in [0.29, 0.717) is 17.5 Å². The highest BCUT2D eigenvalue weighted by Crippen LogP contribution is 2.42. The van der Waals surface area contributed by atoms with E-state index in [2.05, 4.69) is 200 Å². The van der Waals surface area contributed by atoms with E-state index < -0.39 is 0 Å². The van der Waals surface area contributed by atoms with Gasteiger partial charge < -0.3 is 0 Å². The van der Waals surface area contributed by atoms with Crippen molar-refractivity contribution in [2.24, 2.45) is 0 Å². The first-order valence-corrected chi connectivity index (χ1v) is 20.8. The van der Waals surface area contributed by atoms with Gasteiger partial charge in [-0.05, 0) is 95.7 Å². The van der Waals surface area contributed by atoms with Gasteiger partial charge in [0.1, 0.15) is 0 Å². The van der Waals surface area contributed by atoms with Gasteiger partial charge >= 0.3 is 0 Å². The van der Waals surface area contributed by atoms with Crippen LogP contribution in [0.3, 0.4) is 0 Å². The fourth-order valence-corrected chi connectivity index (χ4v) is 10.2. The number of fused-ring (bicyclic) bond motifs is 8. The Balaban J connectivity index is 1.09. The van der Waals surface area contributed by atoms with E-state index in [-0.39, 0.29) is 0 Å². The van der Waals surface area contributed by atoms with Crippen molar-refractivity contribution in [1.29, 1.82) is 0 Å². The first-order valence-electron chi connectivity index (χ1n) is 19.9. The van der Waals surface area contributed by atoms with Crippen molar-refractivity contribution in [3.05, 3.63) is 200 Å². The van der Waals surface area contributed by atoms with Crippen LogP contribution in [0.2, 0.25) is 0 Å². The van der Waals surface area contributed by atoms with E-state index in [9.17, 15) is 0 Å². The van der Waals surface area contributed by atoms with Crippen molar-refractivity contribution >= 4 is 74.6 Å². The summed E-state index contributed by atoms with van der Waals surface area (Å²) in [6.07, 6.45) is 0. The third-order valence-electron chi connectivity index (χ3n) is 11.7. The maximum Gasteiger partial charge on any atom is 0.165 e. The Morgan fingerprint density at radius 3 is 1.61 bits per heavy atom. The molecule has 0 N–H and O–H groups in total. The molecule has 10 aromatic carbocycles. The smallest absolute Gasteiger partial charge is 0.165 e. The molecule has 274 valence electrons. The van der Waals surface area contributed by atoms with Gasteiger partial charge in [-0.15, -0.1) is 11.3 Å². The lowest BCUT2D eigenvalue weighted by atomic mass is 9.91. The minimum Gasteiger partial charge on any atom is -0.208 e. The van der Waals surface area contributed by atoms with Gasteiger partial charge in [-0.3, -0.25) is 0 Å². The molecule has 0 aliphatic rings. The lowest BCUT2D eigenvalue weighted by Crippen LogP contribution is -2.01. The fourth-order valence-electron chi connectivity index (χ4n) is 8.98. The van der Waals surface area contributed by atoms with Gasteiger partial charge in [0.25, 0.3) is 0 Å². The predicted octanol–water partition coefficient (Wildman–Crippen LogP) is 15.2. The van der Waals surface area contributed by atoms with Crippen LogP contribution in [0.1, 0.15) is 0 Å². The molecule has 0 aliphatic carbocycles. The van der Waals surface area contributed by atoms with Crippen LogP contribution in [0.5, 0.6) is 0 Å². The van der Waals surface area contributed by atoms with Gasteiger partial charge in [-0.2, -0.15) is 0 Å². The molecule has 2 aromatic heterocycles. The van der Waals surface area contributed by atoms with Gasteiger partial charge in [-0.25, -0.2) is 15.0 Å². The maximum absolute atomic E-state index is 5.36. The summed E-state index contributed by atoms with van der Waals surface area (Å²) < 4.78 is 2.42. The summed E-state index contributed by atoms with van der Waals surface area (Å²) >= 11 is 1.79. The molecule has 2 heterocycles. The van der Waals surface area contributed by atoms with E-state index in [1.807, 2.05) is 0 Å². The summed E-state index contributed by atoms with van der Waals surface area (Å²) in [4.78, 5) is 16.0. The number of rotatable bonds is 5. The zero-order valence-corrected chi connectivity index (χ0v) is 32.6. The Labute approximate surface area is 344 Å². The lowest BCUT2D eigenvalue weighted by molar-refractivity contribution is 1.08. The number of benzene rings is 10. The maximum atomic E-state index is 5.36. The van der Waals surface area contributed by atoms with E-state index in [4.69, 9.17) is 15.0 Å². The Hall–Kier alpha value is -7.53. The molecule has 0 fully saturated rings. The van der Waals surface area contributed by atoms with Crippen molar-refractivity contribution in [2.45, 2.75) is 0 Å². The van der Waals surface area contributed by atoms with Crippen molar-refractivity contribution in [1.82, 2.24) is 15.0 Å². The quantitative estimate of drug-likeness (QED) is 0.164. The average molecular weight is 768 g/mol. The molecule has 59 heavy (non-hydrogen) atoms. The molecule has 12 aromatic rings. The summed E-state index contributed by atoms with van der Waals surface area (Å²) in [5, 5.41) is 12.1. The molecule has 0 atom stereocenters. The fraction of sp³-hybridized carbons (Fsp3) is 0. The second kappa shape index (κ2) is 13.6. The van der Waals surface area contributed by atoms with Crippen LogP contribution in [-0.2, 0) is 0 Å². The van der Waals surface area contributed by atoms with Crippen LogP contribution in [0.25, 0.3) is 120 Å². The molecule has 3 nitrogen and oxygen atoms in total. The molecule has 0 aliphatic heterocycles. The van der Waals surface area contributed by atoms with Crippen LogP contribution in [0, 0.1) is 0 Å². The zero-order valence-electron chi connectivity index (χ0n) is 31.8. The lowest BCUT2D eigenvalue weighted by Gasteiger charge is -2.15. The van der Waals surface area contributed by atoms with Crippen molar-refractivity contribution in [3.63, 3.8) is 0 Å². The Morgan fingerprint density at radius 2 is 0.780 bits per heavy atom. The number of nitrogens with zero attached hydrogens (tertiary/aromatic N) is 3. The molecule has 0 spiro atoms. The van der Waals surface area contributed by atoms with E-state index in [1.165, 1.54) is 69.2 Å². The molecule has 4 heteroatoms. The Kier molecular flexibility index (Phi) is 7.72. The highest BCUT2D eigenvalue weighted by molar-refractivity contribution is 7.26. The highest BCUT2D eigenvalue weighted by atomic mass is 32.1. The highest BCUT2D eigenvalue weighted by Gasteiger charge is 2.20. The van der Waals surface area contributed by atoms with Gasteiger partial charge in [0.2, 0.25) is 0 Å². The summed E-state index contributed by atoms with van der Waals surface area (Å²) in [5.74, 6) is 1.94. The molecule has 0 saturated carbocycles.